The van der Waals surface area contributed by atoms with E-state index >= 15 is 0 Å². The molecule has 3 N–H and O–H groups in total. The average Bonchev–Trinajstić information content (AvgIpc) is 3.28. The maximum absolute atomic E-state index is 13.0. The number of hydrogen-bond donors (Lipinski definition) is 3. The molecule has 0 radical (unpaired) electrons. The standard InChI is InChI=1S/C17H15N5O4S2/c1-9-16(10(2)26-21-9)28(24,25)22-13-7-14(27-17-18-8-19-20-17)15(23)12-6-4-3-5-11(12)13/h3-8,22-23H,1-2H3,(H,18,19,20). The normalized spacial score (nSPS) is 11.8. The minimum Gasteiger partial charge on any atom is -0.506 e. The molecule has 0 aliphatic rings. The van der Waals surface area contributed by atoms with Gasteiger partial charge in [0.2, 0.25) is 0 Å². The lowest BCUT2D eigenvalue weighted by Crippen LogP contribution is -2.15. The molecule has 28 heavy (non-hydrogen) atoms. The molecule has 2 heterocycles. The number of hydrogen-bond acceptors (Lipinski definition) is 8. The van der Waals surface area contributed by atoms with Crippen LogP contribution in [0.25, 0.3) is 10.8 Å². The molecule has 2 aromatic carbocycles. The van der Waals surface area contributed by atoms with Crippen molar-refractivity contribution in [3.63, 3.8) is 0 Å². The van der Waals surface area contributed by atoms with Crippen LogP contribution in [0.1, 0.15) is 11.5 Å². The zero-order chi connectivity index (χ0) is 19.9. The number of aromatic amines is 1. The molecular weight excluding hydrogens is 402 g/mol. The van der Waals surface area contributed by atoms with E-state index in [1.165, 1.54) is 13.3 Å². The van der Waals surface area contributed by atoms with Crippen molar-refractivity contribution in [1.29, 1.82) is 0 Å². The molecular formula is C17H15N5O4S2. The number of H-pyrrole nitrogens is 1. The van der Waals surface area contributed by atoms with Gasteiger partial charge in [0.15, 0.2) is 15.8 Å². The van der Waals surface area contributed by atoms with Crippen molar-refractivity contribution in [3.8, 4) is 5.75 Å². The maximum atomic E-state index is 13.0. The minimum absolute atomic E-state index is 0.00547. The first kappa shape index (κ1) is 18.3. The average molecular weight is 417 g/mol. The van der Waals surface area contributed by atoms with Gasteiger partial charge in [0, 0.05) is 10.8 Å². The molecule has 0 fully saturated rings. The number of benzene rings is 2. The molecule has 0 saturated carbocycles. The molecule has 144 valence electrons. The van der Waals surface area contributed by atoms with Gasteiger partial charge in [-0.3, -0.25) is 9.82 Å². The van der Waals surface area contributed by atoms with E-state index in [1.54, 1.807) is 37.3 Å². The fourth-order valence-electron chi connectivity index (χ4n) is 2.90. The quantitative estimate of drug-likeness (QED) is 0.421. The Hall–Kier alpha value is -3.05. The van der Waals surface area contributed by atoms with Crippen molar-refractivity contribution in [3.05, 3.63) is 48.1 Å². The molecule has 0 spiro atoms. The maximum Gasteiger partial charge on any atom is 0.267 e. The largest absolute Gasteiger partial charge is 0.506 e. The van der Waals surface area contributed by atoms with Crippen molar-refractivity contribution in [2.45, 2.75) is 28.8 Å². The Bertz CT molecular complexity index is 1250. The molecule has 4 aromatic rings. The number of rotatable bonds is 5. The van der Waals surface area contributed by atoms with Crippen LogP contribution in [0.2, 0.25) is 0 Å². The third-order valence-electron chi connectivity index (χ3n) is 4.06. The minimum atomic E-state index is -3.95. The number of aromatic nitrogens is 4. The van der Waals surface area contributed by atoms with E-state index in [9.17, 15) is 13.5 Å². The number of phenols is 1. The predicted molar refractivity (Wildman–Crippen MR) is 103 cm³/mol. The molecule has 0 bridgehead atoms. The van der Waals surface area contributed by atoms with E-state index in [2.05, 4.69) is 25.1 Å². The van der Waals surface area contributed by atoms with Gasteiger partial charge in [-0.15, -0.1) is 0 Å². The van der Waals surface area contributed by atoms with E-state index in [0.29, 0.717) is 26.5 Å². The summed E-state index contributed by atoms with van der Waals surface area (Å²) >= 11 is 1.13. The van der Waals surface area contributed by atoms with Gasteiger partial charge in [0.1, 0.15) is 17.8 Å². The van der Waals surface area contributed by atoms with Crippen molar-refractivity contribution in [2.75, 3.05) is 4.72 Å². The Morgan fingerprint density at radius 3 is 2.61 bits per heavy atom. The number of nitrogens with one attached hydrogen (secondary N) is 2. The van der Waals surface area contributed by atoms with Crippen molar-refractivity contribution >= 4 is 38.2 Å². The highest BCUT2D eigenvalue weighted by atomic mass is 32.2. The summed E-state index contributed by atoms with van der Waals surface area (Å²) in [7, 11) is -3.95. The van der Waals surface area contributed by atoms with Gasteiger partial charge in [0.05, 0.1) is 10.6 Å². The number of phenolic OH excluding ortho intramolecular Hbond substituents is 1. The van der Waals surface area contributed by atoms with Crippen LogP contribution in [-0.2, 0) is 10.0 Å². The Labute approximate surface area is 164 Å². The summed E-state index contributed by atoms with van der Waals surface area (Å²) in [6.45, 7) is 3.10. The molecule has 4 rings (SSSR count). The number of anilines is 1. The van der Waals surface area contributed by atoms with Crippen molar-refractivity contribution in [2.24, 2.45) is 0 Å². The van der Waals surface area contributed by atoms with Gasteiger partial charge in [-0.2, -0.15) is 5.10 Å². The first-order chi connectivity index (χ1) is 13.4. The highest BCUT2D eigenvalue weighted by Crippen LogP contribution is 2.42. The molecule has 0 aliphatic heterocycles. The van der Waals surface area contributed by atoms with Crippen LogP contribution in [0.15, 0.2) is 56.1 Å². The van der Waals surface area contributed by atoms with Crippen LogP contribution in [0.4, 0.5) is 5.69 Å². The summed E-state index contributed by atoms with van der Waals surface area (Å²) in [6.07, 6.45) is 1.35. The molecule has 2 aromatic heterocycles. The molecule has 0 amide bonds. The molecule has 0 atom stereocenters. The summed E-state index contributed by atoms with van der Waals surface area (Å²) in [5, 5.41) is 22.4. The Morgan fingerprint density at radius 2 is 1.96 bits per heavy atom. The zero-order valence-corrected chi connectivity index (χ0v) is 16.4. The summed E-state index contributed by atoms with van der Waals surface area (Å²) in [6, 6.07) is 8.52. The number of fused-ring (bicyclic) bond motifs is 1. The van der Waals surface area contributed by atoms with E-state index in [1.807, 2.05) is 0 Å². The fraction of sp³-hybridized carbons (Fsp3) is 0.118. The summed E-state index contributed by atoms with van der Waals surface area (Å²) in [4.78, 5) is 4.44. The second-order valence-electron chi connectivity index (χ2n) is 5.97. The SMILES string of the molecule is Cc1noc(C)c1S(=O)(=O)Nc1cc(Sc2ncn[nH]2)c(O)c2ccccc12. The highest BCUT2D eigenvalue weighted by Gasteiger charge is 2.26. The van der Waals surface area contributed by atoms with Crippen molar-refractivity contribution in [1.82, 2.24) is 20.3 Å². The monoisotopic (exact) mass is 417 g/mol. The van der Waals surface area contributed by atoms with Crippen molar-refractivity contribution < 1.29 is 18.0 Å². The van der Waals surface area contributed by atoms with Crippen LogP contribution in [0, 0.1) is 13.8 Å². The number of nitrogens with zero attached hydrogens (tertiary/aromatic N) is 3. The van der Waals surface area contributed by atoms with Gasteiger partial charge in [-0.25, -0.2) is 13.4 Å². The first-order valence-corrected chi connectivity index (χ1v) is 10.4. The van der Waals surface area contributed by atoms with Crippen LogP contribution >= 0.6 is 11.8 Å². The fourth-order valence-corrected chi connectivity index (χ4v) is 5.09. The van der Waals surface area contributed by atoms with Gasteiger partial charge in [-0.1, -0.05) is 29.4 Å². The Morgan fingerprint density at radius 1 is 1.21 bits per heavy atom. The second kappa shape index (κ2) is 6.84. The predicted octanol–water partition coefficient (Wildman–Crippen LogP) is 3.22. The van der Waals surface area contributed by atoms with Crippen LogP contribution in [0.5, 0.6) is 5.75 Å². The van der Waals surface area contributed by atoms with Crippen LogP contribution < -0.4 is 4.72 Å². The lowest BCUT2D eigenvalue weighted by molar-refractivity contribution is 0.390. The van der Waals surface area contributed by atoms with E-state index in [0.717, 1.165) is 11.8 Å². The van der Waals surface area contributed by atoms with Gasteiger partial charge < -0.3 is 9.63 Å². The highest BCUT2D eigenvalue weighted by molar-refractivity contribution is 7.99. The zero-order valence-electron chi connectivity index (χ0n) is 14.8. The summed E-state index contributed by atoms with van der Waals surface area (Å²) < 4.78 is 33.5. The smallest absolute Gasteiger partial charge is 0.267 e. The lowest BCUT2D eigenvalue weighted by Gasteiger charge is -2.14. The van der Waals surface area contributed by atoms with E-state index in [-0.39, 0.29) is 22.1 Å². The number of sulfonamides is 1. The van der Waals surface area contributed by atoms with Gasteiger partial charge >= 0.3 is 0 Å². The Kier molecular flexibility index (Phi) is 4.47. The third kappa shape index (κ3) is 3.18. The first-order valence-electron chi connectivity index (χ1n) is 8.10. The number of aromatic hydroxyl groups is 1. The lowest BCUT2D eigenvalue weighted by atomic mass is 10.1. The molecule has 0 unspecified atom stereocenters. The molecule has 0 saturated heterocycles. The topological polar surface area (TPSA) is 134 Å². The van der Waals surface area contributed by atoms with E-state index < -0.39 is 10.0 Å². The van der Waals surface area contributed by atoms with Gasteiger partial charge in [0.25, 0.3) is 10.0 Å². The molecule has 11 heteroatoms. The van der Waals surface area contributed by atoms with Crippen LogP contribution in [-0.4, -0.2) is 33.9 Å². The third-order valence-corrected chi connectivity index (χ3v) is 6.59. The second-order valence-corrected chi connectivity index (χ2v) is 8.62. The number of aryl methyl sites for hydroxylation is 2. The van der Waals surface area contributed by atoms with Crippen LogP contribution in [0.3, 0.4) is 0 Å². The Balaban J connectivity index is 1.85. The molecule has 9 nitrogen and oxygen atoms in total. The summed E-state index contributed by atoms with van der Waals surface area (Å²) in [5.74, 6) is 0.224. The molecule has 0 aliphatic carbocycles. The summed E-state index contributed by atoms with van der Waals surface area (Å²) in [5.41, 5.74) is 0.583. The van der Waals surface area contributed by atoms with Gasteiger partial charge in [-0.05, 0) is 31.7 Å². The van der Waals surface area contributed by atoms with E-state index in [4.69, 9.17) is 4.52 Å².